The van der Waals surface area contributed by atoms with Crippen molar-refractivity contribution in [3.63, 3.8) is 0 Å². The monoisotopic (exact) mass is 421 g/mol. The number of sulfonamides is 1. The predicted octanol–water partition coefficient (Wildman–Crippen LogP) is 3.10. The van der Waals surface area contributed by atoms with E-state index in [0.29, 0.717) is 25.3 Å². The van der Waals surface area contributed by atoms with Gasteiger partial charge in [0.1, 0.15) is 5.69 Å². The standard InChI is InChI=1S/C19H27N5O4S/c1-16(14-22-11-8-20-15-22)13-21-18-7-6-17(12-19(18)24(25)26)29(27,28)23-9-4-2-3-5-10-23/h6-8,11-12,15-16,21H,2-5,9-10,13-14H2,1H3/t16-/m1/s1. The Bertz CT molecular complexity index is 922. The predicted molar refractivity (Wildman–Crippen MR) is 110 cm³/mol. The lowest BCUT2D eigenvalue weighted by Gasteiger charge is -2.20. The highest BCUT2D eigenvalue weighted by Crippen LogP contribution is 2.30. The molecule has 158 valence electrons. The van der Waals surface area contributed by atoms with Crippen molar-refractivity contribution in [2.45, 2.75) is 44.0 Å². The zero-order chi connectivity index (χ0) is 20.9. The van der Waals surface area contributed by atoms with E-state index < -0.39 is 14.9 Å². The molecule has 0 spiro atoms. The SMILES string of the molecule is C[C@H](CNc1ccc(S(=O)(=O)N2CCCCCC2)cc1[N+](=O)[O-])Cn1ccnc1. The van der Waals surface area contributed by atoms with Gasteiger partial charge in [0.2, 0.25) is 10.0 Å². The number of nitro groups is 1. The van der Waals surface area contributed by atoms with E-state index in [-0.39, 0.29) is 16.5 Å². The highest BCUT2D eigenvalue weighted by Gasteiger charge is 2.28. The average Bonchev–Trinajstić information content (AvgIpc) is 3.03. The van der Waals surface area contributed by atoms with Gasteiger partial charge in [-0.2, -0.15) is 4.31 Å². The van der Waals surface area contributed by atoms with Crippen LogP contribution in [0.15, 0.2) is 41.8 Å². The van der Waals surface area contributed by atoms with E-state index in [1.807, 2.05) is 17.7 Å². The van der Waals surface area contributed by atoms with Crippen LogP contribution in [0.4, 0.5) is 11.4 Å². The molecule has 29 heavy (non-hydrogen) atoms. The molecule has 9 nitrogen and oxygen atoms in total. The van der Waals surface area contributed by atoms with Crippen molar-refractivity contribution in [1.82, 2.24) is 13.9 Å². The van der Waals surface area contributed by atoms with Crippen LogP contribution < -0.4 is 5.32 Å². The number of nitro benzene ring substituents is 1. The number of imidazole rings is 1. The third-order valence-electron chi connectivity index (χ3n) is 5.09. The minimum absolute atomic E-state index is 0.0249. The van der Waals surface area contributed by atoms with Crippen molar-refractivity contribution >= 4 is 21.4 Å². The van der Waals surface area contributed by atoms with Crippen LogP contribution >= 0.6 is 0 Å². The molecular formula is C19H27N5O4S. The minimum atomic E-state index is -3.73. The Morgan fingerprint density at radius 2 is 1.97 bits per heavy atom. The van der Waals surface area contributed by atoms with E-state index in [0.717, 1.165) is 32.2 Å². The Morgan fingerprint density at radius 1 is 1.24 bits per heavy atom. The molecule has 0 radical (unpaired) electrons. The Hall–Kier alpha value is -2.46. The third kappa shape index (κ3) is 5.33. The summed E-state index contributed by atoms with van der Waals surface area (Å²) in [6.45, 7) is 4.18. The summed E-state index contributed by atoms with van der Waals surface area (Å²) in [5, 5.41) is 14.7. The van der Waals surface area contributed by atoms with Gasteiger partial charge in [-0.05, 0) is 30.9 Å². The fourth-order valence-corrected chi connectivity index (χ4v) is 5.04. The molecule has 0 unspecified atom stereocenters. The van der Waals surface area contributed by atoms with Gasteiger partial charge in [-0.25, -0.2) is 13.4 Å². The van der Waals surface area contributed by atoms with Crippen LogP contribution in [0.5, 0.6) is 0 Å². The normalized spacial score (nSPS) is 16.9. The molecule has 0 saturated carbocycles. The number of aromatic nitrogens is 2. The number of hydrogen-bond donors (Lipinski definition) is 1. The van der Waals surface area contributed by atoms with E-state index in [1.54, 1.807) is 12.5 Å². The summed E-state index contributed by atoms with van der Waals surface area (Å²) < 4.78 is 29.3. The summed E-state index contributed by atoms with van der Waals surface area (Å²) in [6, 6.07) is 4.12. The van der Waals surface area contributed by atoms with Crippen LogP contribution in [0.3, 0.4) is 0 Å². The first-order valence-electron chi connectivity index (χ1n) is 9.86. The first-order valence-corrected chi connectivity index (χ1v) is 11.3. The first kappa shape index (κ1) is 21.3. The third-order valence-corrected chi connectivity index (χ3v) is 6.99. The highest BCUT2D eigenvalue weighted by molar-refractivity contribution is 7.89. The van der Waals surface area contributed by atoms with E-state index in [4.69, 9.17) is 0 Å². The van der Waals surface area contributed by atoms with Gasteiger partial charge in [0.15, 0.2) is 0 Å². The van der Waals surface area contributed by atoms with Gasteiger partial charge in [-0.1, -0.05) is 19.8 Å². The minimum Gasteiger partial charge on any atom is -0.379 e. The molecular weight excluding hydrogens is 394 g/mol. The lowest BCUT2D eigenvalue weighted by atomic mass is 10.1. The molecule has 0 bridgehead atoms. The Balaban J connectivity index is 1.75. The molecule has 1 aromatic carbocycles. The molecule has 3 rings (SSSR count). The maximum absolute atomic E-state index is 12.9. The molecule has 2 aromatic rings. The Kier molecular flexibility index (Phi) is 6.86. The zero-order valence-electron chi connectivity index (χ0n) is 16.5. The second kappa shape index (κ2) is 9.36. The van der Waals surface area contributed by atoms with Crippen LogP contribution in [-0.2, 0) is 16.6 Å². The van der Waals surface area contributed by atoms with Crippen LogP contribution in [0.25, 0.3) is 0 Å². The van der Waals surface area contributed by atoms with Crippen LogP contribution in [0.1, 0.15) is 32.6 Å². The summed E-state index contributed by atoms with van der Waals surface area (Å²) in [5.41, 5.74) is 0.0954. The van der Waals surface area contributed by atoms with E-state index in [2.05, 4.69) is 10.3 Å². The summed E-state index contributed by atoms with van der Waals surface area (Å²) in [5.74, 6) is 0.198. The number of nitrogens with one attached hydrogen (secondary N) is 1. The molecule has 2 heterocycles. The van der Waals surface area contributed by atoms with E-state index >= 15 is 0 Å². The topological polar surface area (TPSA) is 110 Å². The summed E-state index contributed by atoms with van der Waals surface area (Å²) in [6.07, 6.45) is 8.93. The largest absolute Gasteiger partial charge is 0.379 e. The van der Waals surface area contributed by atoms with Crippen molar-refractivity contribution in [3.05, 3.63) is 47.0 Å². The molecule has 10 heteroatoms. The molecule has 1 fully saturated rings. The number of rotatable bonds is 8. The van der Waals surface area contributed by atoms with Crippen LogP contribution in [0.2, 0.25) is 0 Å². The van der Waals surface area contributed by atoms with E-state index in [9.17, 15) is 18.5 Å². The van der Waals surface area contributed by atoms with Crippen LogP contribution in [0, 0.1) is 16.0 Å². The van der Waals surface area contributed by atoms with Gasteiger partial charge < -0.3 is 9.88 Å². The van der Waals surface area contributed by atoms with Gasteiger partial charge in [-0.15, -0.1) is 0 Å². The summed E-state index contributed by atoms with van der Waals surface area (Å²) in [4.78, 5) is 15.0. The molecule has 1 aliphatic heterocycles. The summed E-state index contributed by atoms with van der Waals surface area (Å²) >= 11 is 0. The van der Waals surface area contributed by atoms with Gasteiger partial charge in [0.05, 0.1) is 16.1 Å². The fourth-order valence-electron chi connectivity index (χ4n) is 3.51. The van der Waals surface area contributed by atoms with Crippen molar-refractivity contribution in [2.75, 3.05) is 25.0 Å². The van der Waals surface area contributed by atoms with E-state index in [1.165, 1.54) is 22.5 Å². The number of benzene rings is 1. The summed E-state index contributed by atoms with van der Waals surface area (Å²) in [7, 11) is -3.73. The second-order valence-corrected chi connectivity index (χ2v) is 9.44. The van der Waals surface area contributed by atoms with Gasteiger partial charge in [0, 0.05) is 44.6 Å². The lowest BCUT2D eigenvalue weighted by molar-refractivity contribution is -0.384. The molecule has 1 N–H and O–H groups in total. The number of anilines is 1. The number of hydrogen-bond acceptors (Lipinski definition) is 6. The van der Waals surface area contributed by atoms with Gasteiger partial charge >= 0.3 is 0 Å². The van der Waals surface area contributed by atoms with Crippen molar-refractivity contribution in [2.24, 2.45) is 5.92 Å². The highest BCUT2D eigenvalue weighted by atomic mass is 32.2. The number of nitrogens with zero attached hydrogens (tertiary/aromatic N) is 4. The average molecular weight is 422 g/mol. The maximum atomic E-state index is 12.9. The van der Waals surface area contributed by atoms with Crippen molar-refractivity contribution in [3.8, 4) is 0 Å². The van der Waals surface area contributed by atoms with Crippen molar-refractivity contribution < 1.29 is 13.3 Å². The van der Waals surface area contributed by atoms with Crippen LogP contribution in [-0.4, -0.2) is 46.8 Å². The van der Waals surface area contributed by atoms with Gasteiger partial charge in [0.25, 0.3) is 5.69 Å². The quantitative estimate of drug-likeness (QED) is 0.518. The lowest BCUT2D eigenvalue weighted by Crippen LogP contribution is -2.32. The molecule has 0 amide bonds. The molecule has 1 atom stereocenters. The molecule has 0 aliphatic carbocycles. The molecule has 1 saturated heterocycles. The van der Waals surface area contributed by atoms with Gasteiger partial charge in [-0.3, -0.25) is 10.1 Å². The first-order chi connectivity index (χ1) is 13.9. The smallest absolute Gasteiger partial charge is 0.293 e. The molecule has 1 aromatic heterocycles. The zero-order valence-corrected chi connectivity index (χ0v) is 17.3. The second-order valence-electron chi connectivity index (χ2n) is 7.50. The fraction of sp³-hybridized carbons (Fsp3) is 0.526. The molecule has 1 aliphatic rings. The maximum Gasteiger partial charge on any atom is 0.293 e. The Morgan fingerprint density at radius 3 is 2.59 bits per heavy atom. The Labute approximate surface area is 170 Å². The van der Waals surface area contributed by atoms with Crippen molar-refractivity contribution in [1.29, 1.82) is 0 Å².